The zero-order chi connectivity index (χ0) is 19.9. The van der Waals surface area contributed by atoms with Crippen LogP contribution in [0.2, 0.25) is 0 Å². The fourth-order valence-corrected chi connectivity index (χ4v) is 5.29. The number of H-pyrrole nitrogens is 1. The second-order valence-electron chi connectivity index (χ2n) is 9.65. The Kier molecular flexibility index (Phi) is 5.26. The van der Waals surface area contributed by atoms with E-state index in [0.717, 1.165) is 25.3 Å². The van der Waals surface area contributed by atoms with Crippen LogP contribution in [0.3, 0.4) is 0 Å². The first kappa shape index (κ1) is 19.5. The Bertz CT molecular complexity index is 848. The molecule has 0 unspecified atom stereocenters. The van der Waals surface area contributed by atoms with E-state index < -0.39 is 5.60 Å². The smallest absolute Gasteiger partial charge is 0.306 e. The highest BCUT2D eigenvalue weighted by atomic mass is 16.6. The van der Waals surface area contributed by atoms with Gasteiger partial charge in [0, 0.05) is 36.1 Å². The summed E-state index contributed by atoms with van der Waals surface area (Å²) in [4.78, 5) is 18.8. The van der Waals surface area contributed by atoms with Gasteiger partial charge in [0.05, 0.1) is 6.04 Å². The van der Waals surface area contributed by atoms with E-state index in [-0.39, 0.29) is 5.97 Å². The highest BCUT2D eigenvalue weighted by molar-refractivity contribution is 5.85. The Hall–Kier alpha value is -1.81. The zero-order valence-corrected chi connectivity index (χ0v) is 17.8. The van der Waals surface area contributed by atoms with E-state index in [1.807, 2.05) is 20.8 Å². The summed E-state index contributed by atoms with van der Waals surface area (Å²) in [5.74, 6) is 1.16. The second-order valence-corrected chi connectivity index (χ2v) is 9.65. The van der Waals surface area contributed by atoms with Crippen LogP contribution in [0.25, 0.3) is 10.9 Å². The molecule has 0 aliphatic carbocycles. The van der Waals surface area contributed by atoms with Crippen LogP contribution in [-0.4, -0.2) is 34.5 Å². The molecule has 0 saturated carbocycles. The maximum Gasteiger partial charge on any atom is 0.306 e. The number of rotatable bonds is 4. The van der Waals surface area contributed by atoms with Crippen molar-refractivity contribution in [3.05, 3.63) is 35.5 Å². The maximum atomic E-state index is 12.4. The Balaban J connectivity index is 1.59. The van der Waals surface area contributed by atoms with Gasteiger partial charge in [0.2, 0.25) is 0 Å². The van der Waals surface area contributed by atoms with Gasteiger partial charge in [0.15, 0.2) is 0 Å². The van der Waals surface area contributed by atoms with E-state index in [9.17, 15) is 4.79 Å². The Morgan fingerprint density at radius 1 is 1.29 bits per heavy atom. The molecule has 3 heterocycles. The summed E-state index contributed by atoms with van der Waals surface area (Å²) in [6.07, 6.45) is 4.95. The van der Waals surface area contributed by atoms with Crippen molar-refractivity contribution in [1.82, 2.24) is 9.88 Å². The van der Waals surface area contributed by atoms with E-state index in [2.05, 4.69) is 41.1 Å². The van der Waals surface area contributed by atoms with Crippen molar-refractivity contribution in [2.45, 2.75) is 71.4 Å². The summed E-state index contributed by atoms with van der Waals surface area (Å²) in [5, 5.41) is 1.38. The normalized spacial score (nSPS) is 25.4. The highest BCUT2D eigenvalue weighted by Crippen LogP contribution is 2.46. The Morgan fingerprint density at radius 3 is 2.82 bits per heavy atom. The molecule has 1 aromatic carbocycles. The number of para-hydroxylation sites is 1. The van der Waals surface area contributed by atoms with Gasteiger partial charge in [-0.3, -0.25) is 9.69 Å². The van der Waals surface area contributed by atoms with Crippen LogP contribution in [0.5, 0.6) is 0 Å². The van der Waals surface area contributed by atoms with Crippen LogP contribution in [0.1, 0.15) is 70.7 Å². The van der Waals surface area contributed by atoms with Crippen LogP contribution in [0, 0.1) is 11.8 Å². The lowest BCUT2D eigenvalue weighted by molar-refractivity contribution is -0.155. The quantitative estimate of drug-likeness (QED) is 0.736. The van der Waals surface area contributed by atoms with Crippen molar-refractivity contribution < 1.29 is 9.53 Å². The van der Waals surface area contributed by atoms with Gasteiger partial charge in [-0.05, 0) is 63.5 Å². The van der Waals surface area contributed by atoms with Crippen LogP contribution in [-0.2, 0) is 16.0 Å². The van der Waals surface area contributed by atoms with E-state index >= 15 is 0 Å². The number of hydrogen-bond acceptors (Lipinski definition) is 3. The predicted octanol–water partition coefficient (Wildman–Crippen LogP) is 5.24. The molecule has 28 heavy (non-hydrogen) atoms. The van der Waals surface area contributed by atoms with Crippen LogP contribution < -0.4 is 0 Å². The number of aromatic amines is 1. The molecule has 2 aliphatic rings. The largest absolute Gasteiger partial charge is 0.460 e. The molecular weight excluding hydrogens is 348 g/mol. The van der Waals surface area contributed by atoms with Crippen LogP contribution in [0.4, 0.5) is 0 Å². The molecule has 0 amide bonds. The van der Waals surface area contributed by atoms with E-state index in [0.29, 0.717) is 18.4 Å². The van der Waals surface area contributed by atoms with Crippen LogP contribution >= 0.6 is 0 Å². The first-order valence-corrected chi connectivity index (χ1v) is 10.9. The number of hydrogen-bond donors (Lipinski definition) is 1. The molecule has 1 fully saturated rings. The molecular formula is C24H34N2O2. The molecule has 4 nitrogen and oxygen atoms in total. The third-order valence-electron chi connectivity index (χ3n) is 6.48. The predicted molar refractivity (Wildman–Crippen MR) is 113 cm³/mol. The summed E-state index contributed by atoms with van der Waals surface area (Å²) < 4.78 is 5.58. The van der Waals surface area contributed by atoms with Crippen LogP contribution in [0.15, 0.2) is 24.3 Å². The number of carbonyl (C=O) groups is 1. The molecule has 2 aromatic rings. The average Bonchev–Trinajstić information content (AvgIpc) is 3.03. The molecule has 0 spiro atoms. The minimum Gasteiger partial charge on any atom is -0.460 e. The Morgan fingerprint density at radius 2 is 2.07 bits per heavy atom. The molecule has 1 aromatic heterocycles. The Labute approximate surface area is 168 Å². The van der Waals surface area contributed by atoms with Gasteiger partial charge in [-0.2, -0.15) is 0 Å². The molecule has 0 radical (unpaired) electrons. The molecule has 2 aliphatic heterocycles. The number of fused-ring (bicyclic) bond motifs is 5. The summed E-state index contributed by atoms with van der Waals surface area (Å²) >= 11 is 0. The van der Waals surface area contributed by atoms with Gasteiger partial charge < -0.3 is 9.72 Å². The number of carbonyl (C=O) groups excluding carboxylic acids is 1. The number of nitrogens with zero attached hydrogens (tertiary/aromatic N) is 1. The average molecular weight is 383 g/mol. The van der Waals surface area contributed by atoms with Crippen molar-refractivity contribution >= 4 is 16.9 Å². The molecule has 4 rings (SSSR count). The number of nitrogens with one attached hydrogen (secondary N) is 1. The van der Waals surface area contributed by atoms with Crippen molar-refractivity contribution in [2.24, 2.45) is 11.8 Å². The van der Waals surface area contributed by atoms with Crippen molar-refractivity contribution in [1.29, 1.82) is 0 Å². The number of esters is 1. The molecule has 1 N–H and O–H groups in total. The number of piperidine rings is 1. The second kappa shape index (κ2) is 7.55. The minimum atomic E-state index is -0.406. The van der Waals surface area contributed by atoms with E-state index in [4.69, 9.17) is 4.74 Å². The summed E-state index contributed by atoms with van der Waals surface area (Å²) in [5.41, 5.74) is 3.74. The summed E-state index contributed by atoms with van der Waals surface area (Å²) in [7, 11) is 0. The topological polar surface area (TPSA) is 45.3 Å². The standard InChI is InChI=1S/C24H34N2O2/c1-5-16-14-17(10-11-21(27)28-24(2,3)4)23-22-19(12-13-26(23)15-16)18-8-6-7-9-20(18)25-22/h6-9,16-17,23,25H,5,10-15H2,1-4H3/t16-,17+,23-/m0/s1. The first-order chi connectivity index (χ1) is 13.4. The van der Waals surface area contributed by atoms with E-state index in [1.54, 1.807) is 0 Å². The fraction of sp³-hybridized carbons (Fsp3) is 0.625. The van der Waals surface area contributed by atoms with Gasteiger partial charge in [-0.25, -0.2) is 0 Å². The lowest BCUT2D eigenvalue weighted by atomic mass is 9.76. The maximum absolute atomic E-state index is 12.4. The number of aromatic nitrogens is 1. The molecule has 0 bridgehead atoms. The van der Waals surface area contributed by atoms with Gasteiger partial charge in [-0.1, -0.05) is 31.5 Å². The van der Waals surface area contributed by atoms with Crippen molar-refractivity contribution in [3.8, 4) is 0 Å². The summed E-state index contributed by atoms with van der Waals surface area (Å²) in [6.45, 7) is 10.4. The van der Waals surface area contributed by atoms with Gasteiger partial charge in [-0.15, -0.1) is 0 Å². The molecule has 3 atom stereocenters. The number of benzene rings is 1. The molecule has 4 heteroatoms. The summed E-state index contributed by atoms with van der Waals surface area (Å²) in [6, 6.07) is 9.08. The van der Waals surface area contributed by atoms with Crippen molar-refractivity contribution in [2.75, 3.05) is 13.1 Å². The van der Waals surface area contributed by atoms with Gasteiger partial charge >= 0.3 is 5.97 Å². The zero-order valence-electron chi connectivity index (χ0n) is 17.8. The monoisotopic (exact) mass is 382 g/mol. The first-order valence-electron chi connectivity index (χ1n) is 10.9. The van der Waals surface area contributed by atoms with E-state index in [1.165, 1.54) is 41.5 Å². The third-order valence-corrected chi connectivity index (χ3v) is 6.48. The number of ether oxygens (including phenoxy) is 1. The molecule has 152 valence electrons. The van der Waals surface area contributed by atoms with Gasteiger partial charge in [0.25, 0.3) is 0 Å². The SMILES string of the molecule is CC[C@H]1C[C@@H](CCC(=O)OC(C)(C)C)[C@H]2c3[nH]c4ccccc4c3CCN2C1. The lowest BCUT2D eigenvalue weighted by Gasteiger charge is -2.47. The third kappa shape index (κ3) is 3.84. The minimum absolute atomic E-state index is 0.0645. The lowest BCUT2D eigenvalue weighted by Crippen LogP contribution is -2.46. The van der Waals surface area contributed by atoms with Crippen molar-refractivity contribution in [3.63, 3.8) is 0 Å². The highest BCUT2D eigenvalue weighted by Gasteiger charge is 2.41. The molecule has 1 saturated heterocycles. The fourth-order valence-electron chi connectivity index (χ4n) is 5.29. The van der Waals surface area contributed by atoms with Gasteiger partial charge in [0.1, 0.15) is 5.60 Å².